The van der Waals surface area contributed by atoms with Crippen molar-refractivity contribution in [1.29, 1.82) is 0 Å². The third-order valence-corrected chi connectivity index (χ3v) is 3.77. The molecule has 0 aliphatic heterocycles. The zero-order valence-electron chi connectivity index (χ0n) is 11.9. The van der Waals surface area contributed by atoms with Gasteiger partial charge in [0.05, 0.1) is 0 Å². The van der Waals surface area contributed by atoms with Crippen LogP contribution in [-0.4, -0.2) is 34.6 Å². The van der Waals surface area contributed by atoms with E-state index in [-0.39, 0.29) is 12.6 Å². The van der Waals surface area contributed by atoms with Gasteiger partial charge in [0.1, 0.15) is 12.4 Å². The molecule has 0 unspecified atom stereocenters. The maximum absolute atomic E-state index is 13.3. The summed E-state index contributed by atoms with van der Waals surface area (Å²) in [6.07, 6.45) is 3.60. The highest BCUT2D eigenvalue weighted by molar-refractivity contribution is 5.92. The molecule has 2 rings (SSSR count). The number of aryl methyl sites for hydroxylation is 1. The predicted molar refractivity (Wildman–Crippen MR) is 76.8 cm³/mol. The van der Waals surface area contributed by atoms with Gasteiger partial charge in [-0.15, -0.1) is 0 Å². The Morgan fingerprint density at radius 3 is 2.67 bits per heavy atom. The van der Waals surface area contributed by atoms with Crippen LogP contribution in [0.15, 0.2) is 18.2 Å². The number of urea groups is 1. The molecule has 0 radical (unpaired) electrons. The molecule has 0 atom stereocenters. The highest BCUT2D eigenvalue weighted by Crippen LogP contribution is 2.24. The fourth-order valence-corrected chi connectivity index (χ4v) is 2.64. The lowest BCUT2D eigenvalue weighted by atomic mass is 10.2. The van der Waals surface area contributed by atoms with E-state index in [0.717, 1.165) is 31.2 Å². The van der Waals surface area contributed by atoms with Crippen molar-refractivity contribution >= 4 is 17.7 Å². The lowest BCUT2D eigenvalue weighted by Gasteiger charge is -2.27. The van der Waals surface area contributed by atoms with Crippen molar-refractivity contribution in [2.75, 3.05) is 11.9 Å². The summed E-state index contributed by atoms with van der Waals surface area (Å²) < 4.78 is 13.3. The van der Waals surface area contributed by atoms with E-state index in [1.165, 1.54) is 17.0 Å². The predicted octanol–water partition coefficient (Wildman–Crippen LogP) is 3.00. The number of carbonyl (C=O) groups excluding carboxylic acids is 1. The Balaban J connectivity index is 2.13. The smallest absolute Gasteiger partial charge is 0.323 e. The van der Waals surface area contributed by atoms with E-state index in [1.807, 2.05) is 0 Å². The number of carboxylic acids is 1. The van der Waals surface area contributed by atoms with Gasteiger partial charge in [-0.3, -0.25) is 4.79 Å². The monoisotopic (exact) mass is 294 g/mol. The van der Waals surface area contributed by atoms with E-state index >= 15 is 0 Å². The Morgan fingerprint density at radius 1 is 1.38 bits per heavy atom. The molecular formula is C15H19FN2O3. The molecule has 1 aromatic rings. The van der Waals surface area contributed by atoms with Crippen LogP contribution in [0.2, 0.25) is 0 Å². The van der Waals surface area contributed by atoms with Crippen LogP contribution in [-0.2, 0) is 4.79 Å². The maximum Gasteiger partial charge on any atom is 0.323 e. The van der Waals surface area contributed by atoms with Gasteiger partial charge in [-0.2, -0.15) is 0 Å². The molecule has 1 aliphatic carbocycles. The second-order valence-corrected chi connectivity index (χ2v) is 5.35. The number of nitrogens with one attached hydrogen (secondary N) is 1. The van der Waals surface area contributed by atoms with Gasteiger partial charge in [0.15, 0.2) is 0 Å². The molecule has 0 bridgehead atoms. The third-order valence-electron chi connectivity index (χ3n) is 3.77. The van der Waals surface area contributed by atoms with Crippen molar-refractivity contribution in [2.24, 2.45) is 0 Å². The van der Waals surface area contributed by atoms with E-state index in [4.69, 9.17) is 5.11 Å². The van der Waals surface area contributed by atoms with Crippen molar-refractivity contribution in [3.05, 3.63) is 29.6 Å². The van der Waals surface area contributed by atoms with E-state index in [1.54, 1.807) is 13.0 Å². The second kappa shape index (κ2) is 6.56. The number of hydrogen-bond acceptors (Lipinski definition) is 2. The van der Waals surface area contributed by atoms with Crippen LogP contribution in [0, 0.1) is 12.7 Å². The molecule has 0 spiro atoms. The number of hydrogen-bond donors (Lipinski definition) is 2. The van der Waals surface area contributed by atoms with Crippen molar-refractivity contribution in [2.45, 2.75) is 38.6 Å². The summed E-state index contributed by atoms with van der Waals surface area (Å²) in [5.74, 6) is -1.49. The van der Waals surface area contributed by atoms with Crippen molar-refractivity contribution in [3.63, 3.8) is 0 Å². The lowest BCUT2D eigenvalue weighted by Crippen LogP contribution is -2.44. The lowest BCUT2D eigenvalue weighted by molar-refractivity contribution is -0.138. The highest BCUT2D eigenvalue weighted by Gasteiger charge is 2.28. The number of aliphatic carboxylic acids is 1. The number of rotatable bonds is 4. The Labute approximate surface area is 122 Å². The average molecular weight is 294 g/mol. The molecule has 0 saturated heterocycles. The molecule has 21 heavy (non-hydrogen) atoms. The molecule has 1 fully saturated rings. The van der Waals surface area contributed by atoms with E-state index in [9.17, 15) is 14.0 Å². The van der Waals surface area contributed by atoms with Crippen LogP contribution in [0.5, 0.6) is 0 Å². The molecule has 6 heteroatoms. The van der Waals surface area contributed by atoms with Gasteiger partial charge < -0.3 is 15.3 Å². The Kier molecular flexibility index (Phi) is 4.77. The van der Waals surface area contributed by atoms with Gasteiger partial charge in [0.2, 0.25) is 0 Å². The molecule has 1 saturated carbocycles. The van der Waals surface area contributed by atoms with Crippen LogP contribution in [0.3, 0.4) is 0 Å². The van der Waals surface area contributed by atoms with E-state index in [0.29, 0.717) is 5.69 Å². The van der Waals surface area contributed by atoms with E-state index < -0.39 is 17.8 Å². The maximum atomic E-state index is 13.3. The van der Waals surface area contributed by atoms with E-state index in [2.05, 4.69) is 5.32 Å². The summed E-state index contributed by atoms with van der Waals surface area (Å²) in [6.45, 7) is 1.41. The first-order valence-corrected chi connectivity index (χ1v) is 7.03. The first-order valence-electron chi connectivity index (χ1n) is 7.03. The van der Waals surface area contributed by atoms with Crippen LogP contribution in [0.4, 0.5) is 14.9 Å². The largest absolute Gasteiger partial charge is 0.480 e. The standard InChI is InChI=1S/C15H19FN2O3/c1-10-6-7-11(16)8-13(10)17-15(21)18(9-14(19)20)12-4-2-3-5-12/h6-8,12H,2-5,9H2,1H3,(H,17,21)(H,19,20). The van der Waals surface area contributed by atoms with Gasteiger partial charge in [-0.25, -0.2) is 9.18 Å². The van der Waals surface area contributed by atoms with Gasteiger partial charge in [-0.1, -0.05) is 18.9 Å². The number of halogens is 1. The molecule has 5 nitrogen and oxygen atoms in total. The highest BCUT2D eigenvalue weighted by atomic mass is 19.1. The molecule has 1 aliphatic rings. The number of carboxylic acid groups (broad SMARTS) is 1. The minimum atomic E-state index is -1.05. The Hall–Kier alpha value is -2.11. The van der Waals surface area contributed by atoms with Gasteiger partial charge in [-0.05, 0) is 37.5 Å². The molecule has 0 heterocycles. The number of anilines is 1. The first kappa shape index (κ1) is 15.3. The average Bonchev–Trinajstić information content (AvgIpc) is 2.93. The SMILES string of the molecule is Cc1ccc(F)cc1NC(=O)N(CC(=O)O)C1CCCC1. The zero-order chi connectivity index (χ0) is 15.4. The topological polar surface area (TPSA) is 69.6 Å². The minimum Gasteiger partial charge on any atom is -0.480 e. The van der Waals surface area contributed by atoms with Crippen molar-refractivity contribution < 1.29 is 19.1 Å². The molecule has 2 amide bonds. The minimum absolute atomic E-state index is 0.0602. The summed E-state index contributed by atoms with van der Waals surface area (Å²) in [5, 5.41) is 11.6. The normalized spacial score (nSPS) is 15.0. The summed E-state index contributed by atoms with van der Waals surface area (Å²) in [4.78, 5) is 24.6. The summed E-state index contributed by atoms with van der Waals surface area (Å²) in [7, 11) is 0. The second-order valence-electron chi connectivity index (χ2n) is 5.35. The molecule has 0 aromatic heterocycles. The van der Waals surface area contributed by atoms with Gasteiger partial charge >= 0.3 is 12.0 Å². The number of nitrogens with zero attached hydrogens (tertiary/aromatic N) is 1. The van der Waals surface area contributed by atoms with Crippen LogP contribution >= 0.6 is 0 Å². The summed E-state index contributed by atoms with van der Waals surface area (Å²) in [6, 6.07) is 3.58. The molecule has 114 valence electrons. The van der Waals surface area contributed by atoms with Crippen LogP contribution in [0.1, 0.15) is 31.2 Å². The summed E-state index contributed by atoms with van der Waals surface area (Å²) in [5.41, 5.74) is 1.10. The molecule has 2 N–H and O–H groups in total. The number of amides is 2. The molecular weight excluding hydrogens is 275 g/mol. The summed E-state index contributed by atoms with van der Waals surface area (Å²) >= 11 is 0. The van der Waals surface area contributed by atoms with Gasteiger partial charge in [0.25, 0.3) is 0 Å². The number of benzene rings is 1. The third kappa shape index (κ3) is 3.93. The quantitative estimate of drug-likeness (QED) is 0.897. The Morgan fingerprint density at radius 2 is 2.05 bits per heavy atom. The fraction of sp³-hybridized carbons (Fsp3) is 0.467. The van der Waals surface area contributed by atoms with Crippen LogP contribution < -0.4 is 5.32 Å². The van der Waals surface area contributed by atoms with Crippen LogP contribution in [0.25, 0.3) is 0 Å². The zero-order valence-corrected chi connectivity index (χ0v) is 11.9. The fourth-order valence-electron chi connectivity index (χ4n) is 2.64. The van der Waals surface area contributed by atoms with Crippen molar-refractivity contribution in [1.82, 2.24) is 4.90 Å². The molecule has 1 aromatic carbocycles. The Bertz CT molecular complexity index is 542. The van der Waals surface area contributed by atoms with Gasteiger partial charge in [0, 0.05) is 11.7 Å². The first-order chi connectivity index (χ1) is 9.97. The number of carbonyl (C=O) groups is 2. The van der Waals surface area contributed by atoms with Crippen molar-refractivity contribution in [3.8, 4) is 0 Å².